The predicted molar refractivity (Wildman–Crippen MR) is 158 cm³/mol. The van der Waals surface area contributed by atoms with Crippen molar-refractivity contribution in [1.29, 1.82) is 0 Å². The Morgan fingerprint density at radius 2 is 1.83 bits per heavy atom. The highest BCUT2D eigenvalue weighted by molar-refractivity contribution is 8.00. The van der Waals surface area contributed by atoms with Gasteiger partial charge in [0.25, 0.3) is 0 Å². The van der Waals surface area contributed by atoms with E-state index in [1.807, 2.05) is 42.5 Å². The molecule has 2 saturated carbocycles. The number of imide groups is 1. The minimum atomic E-state index is -1.14. The number of thiazole rings is 1. The van der Waals surface area contributed by atoms with E-state index in [1.54, 1.807) is 36.9 Å². The Bertz CT molecular complexity index is 1600. The van der Waals surface area contributed by atoms with Crippen molar-refractivity contribution in [2.75, 3.05) is 0 Å². The van der Waals surface area contributed by atoms with Crippen LogP contribution in [0.5, 0.6) is 5.75 Å². The molecule has 1 saturated heterocycles. The summed E-state index contributed by atoms with van der Waals surface area (Å²) < 4.78 is 6.90. The van der Waals surface area contributed by atoms with E-state index >= 15 is 0 Å². The van der Waals surface area contributed by atoms with Gasteiger partial charge in [-0.2, -0.15) is 0 Å². The second kappa shape index (κ2) is 10.1. The Morgan fingerprint density at radius 3 is 2.54 bits per heavy atom. The third-order valence-corrected chi connectivity index (χ3v) is 12.3. The lowest BCUT2D eigenvalue weighted by Crippen LogP contribution is -2.49. The maximum atomic E-state index is 13.9. The highest BCUT2D eigenvalue weighted by Crippen LogP contribution is 2.69. The van der Waals surface area contributed by atoms with E-state index in [1.165, 1.54) is 4.88 Å². The van der Waals surface area contributed by atoms with Crippen LogP contribution >= 0.6 is 35.3 Å². The number of nitrogens with zero attached hydrogens (tertiary/aromatic N) is 1. The van der Waals surface area contributed by atoms with Crippen molar-refractivity contribution in [3.8, 4) is 5.75 Å². The number of carbonyl (C=O) groups excluding carboxylic acids is 2. The number of rotatable bonds is 7. The molecule has 3 aromatic rings. The van der Waals surface area contributed by atoms with Crippen LogP contribution in [0.25, 0.3) is 0 Å². The average molecular weight is 607 g/mol. The van der Waals surface area contributed by atoms with E-state index in [0.717, 1.165) is 37.2 Å². The van der Waals surface area contributed by atoms with Crippen LogP contribution in [-0.2, 0) is 21.0 Å². The summed E-state index contributed by atoms with van der Waals surface area (Å²) in [7, 11) is 0. The predicted octanol–water partition coefficient (Wildman–Crippen LogP) is 5.97. The molecular formula is C31H30N2O5S3. The normalized spacial score (nSPS) is 30.3. The van der Waals surface area contributed by atoms with Crippen molar-refractivity contribution in [3.05, 3.63) is 74.6 Å². The van der Waals surface area contributed by atoms with Gasteiger partial charge < -0.3 is 14.8 Å². The number of H-pyrrole nitrogens is 1. The molecule has 7 nitrogen and oxygen atoms in total. The van der Waals surface area contributed by atoms with Gasteiger partial charge in [-0.1, -0.05) is 56.3 Å². The molecule has 2 N–H and O–H groups in total. The molecule has 8 unspecified atom stereocenters. The van der Waals surface area contributed by atoms with Crippen molar-refractivity contribution in [1.82, 2.24) is 9.88 Å². The maximum Gasteiger partial charge on any atom is 0.327 e. The number of fused-ring (bicyclic) bond motifs is 9. The molecule has 41 heavy (non-hydrogen) atoms. The van der Waals surface area contributed by atoms with Gasteiger partial charge >= 0.3 is 5.97 Å². The van der Waals surface area contributed by atoms with E-state index in [2.05, 4.69) is 17.1 Å². The number of carboxylic acid groups (broad SMARTS) is 1. The fraction of sp³-hybridized carbons (Fsp3) is 0.419. The Balaban J connectivity index is 1.25. The second-order valence-corrected chi connectivity index (χ2v) is 14.8. The number of carboxylic acids is 1. The van der Waals surface area contributed by atoms with Crippen LogP contribution in [0.15, 0.2) is 59.6 Å². The smallest absolute Gasteiger partial charge is 0.327 e. The summed E-state index contributed by atoms with van der Waals surface area (Å²) in [6.45, 7) is 3.97. The number of amides is 2. The quantitative estimate of drug-likeness (QED) is 0.253. The van der Waals surface area contributed by atoms with Gasteiger partial charge in [0, 0.05) is 16.0 Å². The van der Waals surface area contributed by atoms with E-state index in [0.29, 0.717) is 6.61 Å². The van der Waals surface area contributed by atoms with Crippen LogP contribution in [0, 0.1) is 39.5 Å². The van der Waals surface area contributed by atoms with Gasteiger partial charge in [0.1, 0.15) is 18.4 Å². The molecule has 0 radical (unpaired) electrons. The number of carbonyl (C=O) groups is 3. The standard InChI is InChI=1S/C31H30N2O5S3/c1-14(2)24(30(36)37)33-28(34)22-18-12-19(23(22)29(33)35)25-21(18)20(26-27(40-25)32-31(39)41-26)16-9-6-10-17(11-16)38-13-15-7-4-3-5-8-15/h3-11,14,18-25H,12-13H2,1-2H3,(H,32,39)(H,36,37). The first-order valence-electron chi connectivity index (χ1n) is 14.0. The zero-order valence-electron chi connectivity index (χ0n) is 22.6. The number of nitrogens with one attached hydrogen (secondary N) is 1. The highest BCUT2D eigenvalue weighted by atomic mass is 32.2. The fourth-order valence-corrected chi connectivity index (χ4v) is 11.3. The molecule has 3 fully saturated rings. The minimum Gasteiger partial charge on any atom is -0.489 e. The number of aliphatic carboxylic acids is 1. The lowest BCUT2D eigenvalue weighted by molar-refractivity contribution is -0.157. The summed E-state index contributed by atoms with van der Waals surface area (Å²) in [6, 6.07) is 17.1. The van der Waals surface area contributed by atoms with Crippen LogP contribution in [0.3, 0.4) is 0 Å². The number of likely N-dealkylation sites (tertiary alicyclic amines) is 1. The minimum absolute atomic E-state index is 0.00254. The van der Waals surface area contributed by atoms with Gasteiger partial charge in [-0.25, -0.2) is 4.79 Å². The molecule has 2 amide bonds. The molecule has 2 aliphatic heterocycles. The van der Waals surface area contributed by atoms with Crippen LogP contribution in [0.2, 0.25) is 0 Å². The molecule has 0 spiro atoms. The highest BCUT2D eigenvalue weighted by Gasteiger charge is 2.70. The van der Waals surface area contributed by atoms with Crippen molar-refractivity contribution in [3.63, 3.8) is 0 Å². The number of hydrogen-bond acceptors (Lipinski definition) is 7. The molecule has 4 aliphatic rings. The fourth-order valence-electron chi connectivity index (χ4n) is 7.92. The monoisotopic (exact) mass is 606 g/mol. The van der Waals surface area contributed by atoms with Gasteiger partial charge in [0.2, 0.25) is 11.8 Å². The summed E-state index contributed by atoms with van der Waals surface area (Å²) in [5, 5.41) is 11.1. The topological polar surface area (TPSA) is 99.7 Å². The number of aromatic nitrogens is 1. The molecule has 2 aliphatic carbocycles. The largest absolute Gasteiger partial charge is 0.489 e. The molecule has 10 heteroatoms. The molecule has 3 heterocycles. The van der Waals surface area contributed by atoms with Crippen molar-refractivity contribution in [2.24, 2.45) is 35.5 Å². The Kier molecular flexibility index (Phi) is 6.63. The molecule has 2 bridgehead atoms. The number of ether oxygens (including phenoxy) is 1. The lowest BCUT2D eigenvalue weighted by atomic mass is 9.68. The summed E-state index contributed by atoms with van der Waals surface area (Å²) >= 11 is 8.91. The first kappa shape index (κ1) is 26.9. The average Bonchev–Trinajstić information content (AvgIpc) is 3.68. The summed E-state index contributed by atoms with van der Waals surface area (Å²) in [4.78, 5) is 45.4. The summed E-state index contributed by atoms with van der Waals surface area (Å²) in [5.74, 6) is -2.10. The Labute approximate surface area is 251 Å². The molecule has 2 aromatic carbocycles. The van der Waals surface area contributed by atoms with Crippen LogP contribution < -0.4 is 4.74 Å². The Morgan fingerprint density at radius 1 is 1.10 bits per heavy atom. The summed E-state index contributed by atoms with van der Waals surface area (Å²) in [6.07, 6.45) is 0.804. The van der Waals surface area contributed by atoms with Gasteiger partial charge in [0.05, 0.1) is 16.9 Å². The lowest BCUT2D eigenvalue weighted by Gasteiger charge is -2.43. The molecule has 7 rings (SSSR count). The van der Waals surface area contributed by atoms with Gasteiger partial charge in [-0.3, -0.25) is 14.5 Å². The van der Waals surface area contributed by atoms with Gasteiger partial charge in [-0.15, -0.1) is 23.1 Å². The molecular weight excluding hydrogens is 577 g/mol. The zero-order chi connectivity index (χ0) is 28.6. The molecule has 1 aromatic heterocycles. The van der Waals surface area contributed by atoms with Crippen molar-refractivity contribution < 1.29 is 24.2 Å². The van der Waals surface area contributed by atoms with Crippen LogP contribution in [0.4, 0.5) is 0 Å². The maximum absolute atomic E-state index is 13.9. The first-order valence-corrected chi connectivity index (χ1v) is 16.1. The SMILES string of the molecule is CC(C)C(C(=O)O)N1C(=O)C2C3CC(C2C1=O)C1C(c2cccc(OCc4ccccc4)c2)c2sc(=S)[nH]c2SC31. The van der Waals surface area contributed by atoms with E-state index < -0.39 is 23.8 Å². The van der Waals surface area contributed by atoms with Gasteiger partial charge in [0.15, 0.2) is 3.95 Å². The first-order chi connectivity index (χ1) is 19.7. The van der Waals surface area contributed by atoms with Crippen LogP contribution in [-0.4, -0.2) is 44.1 Å². The van der Waals surface area contributed by atoms with Crippen LogP contribution in [0.1, 0.15) is 42.2 Å². The second-order valence-electron chi connectivity index (χ2n) is 11.9. The van der Waals surface area contributed by atoms with E-state index in [-0.39, 0.29) is 46.7 Å². The molecule has 8 atom stereocenters. The van der Waals surface area contributed by atoms with Crippen molar-refractivity contribution >= 4 is 53.1 Å². The van der Waals surface area contributed by atoms with E-state index in [9.17, 15) is 19.5 Å². The Hall–Kier alpha value is -2.95. The zero-order valence-corrected chi connectivity index (χ0v) is 25.0. The molecule has 212 valence electrons. The number of aromatic amines is 1. The van der Waals surface area contributed by atoms with Crippen molar-refractivity contribution in [2.45, 2.75) is 49.1 Å². The van der Waals surface area contributed by atoms with E-state index in [4.69, 9.17) is 17.0 Å². The third kappa shape index (κ3) is 4.20. The number of benzene rings is 2. The summed E-state index contributed by atoms with van der Waals surface area (Å²) in [5.41, 5.74) is 2.20. The van der Waals surface area contributed by atoms with Gasteiger partial charge in [-0.05, 0) is 65.6 Å². The number of hydrogen-bond donors (Lipinski definition) is 2. The number of thioether (sulfide) groups is 1. The third-order valence-electron chi connectivity index (χ3n) is 9.39.